The van der Waals surface area contributed by atoms with Gasteiger partial charge in [-0.3, -0.25) is 4.90 Å². The fourth-order valence-electron chi connectivity index (χ4n) is 3.81. The maximum Gasteiger partial charge on any atom is 0.243 e. The van der Waals surface area contributed by atoms with Crippen LogP contribution in [0.5, 0.6) is 11.5 Å². The fourth-order valence-corrected chi connectivity index (χ4v) is 5.24. The highest BCUT2D eigenvalue weighted by Gasteiger charge is 2.30. The van der Waals surface area contributed by atoms with E-state index in [1.165, 1.54) is 4.31 Å². The molecule has 158 valence electrons. The molecule has 0 unspecified atom stereocenters. The van der Waals surface area contributed by atoms with Crippen LogP contribution in [0.15, 0.2) is 45.7 Å². The lowest BCUT2D eigenvalue weighted by Crippen LogP contribution is -2.48. The molecule has 0 atom stereocenters. The van der Waals surface area contributed by atoms with E-state index in [9.17, 15) is 8.42 Å². The molecule has 2 aliphatic rings. The molecule has 30 heavy (non-hydrogen) atoms. The first-order chi connectivity index (χ1) is 14.5. The van der Waals surface area contributed by atoms with Crippen LogP contribution >= 0.6 is 0 Å². The zero-order valence-corrected chi connectivity index (χ0v) is 17.5. The average Bonchev–Trinajstić information content (AvgIpc) is 3.15. The Hall–Kier alpha value is -2.62. The van der Waals surface area contributed by atoms with Crippen molar-refractivity contribution in [2.24, 2.45) is 0 Å². The molecular weight excluding hydrogens is 406 g/mol. The van der Waals surface area contributed by atoms with E-state index in [4.69, 9.17) is 13.9 Å². The average molecular weight is 429 g/mol. The third-order valence-corrected chi connectivity index (χ3v) is 7.32. The van der Waals surface area contributed by atoms with Gasteiger partial charge in [0.2, 0.25) is 15.9 Å². The van der Waals surface area contributed by atoms with Crippen LogP contribution in [-0.2, 0) is 16.6 Å². The number of benzene rings is 2. The Morgan fingerprint density at radius 1 is 0.967 bits per heavy atom. The highest BCUT2D eigenvalue weighted by atomic mass is 32.2. The molecule has 5 rings (SSSR count). The molecule has 0 N–H and O–H groups in total. The van der Waals surface area contributed by atoms with Crippen molar-refractivity contribution in [2.75, 3.05) is 39.4 Å². The molecule has 3 aromatic rings. The lowest BCUT2D eigenvalue weighted by atomic mass is 10.2. The third-order valence-electron chi connectivity index (χ3n) is 5.43. The topological polar surface area (TPSA) is 85.1 Å². The highest BCUT2D eigenvalue weighted by molar-refractivity contribution is 7.89. The maximum absolute atomic E-state index is 13.1. The monoisotopic (exact) mass is 429 g/mol. The lowest BCUT2D eigenvalue weighted by molar-refractivity contribution is 0.168. The SMILES string of the molecule is Cc1ccc2oc(CN3CCN(S(=O)(=O)c4ccc5c(c4)OCCO5)CC3)nc2c1. The van der Waals surface area contributed by atoms with Crippen molar-refractivity contribution < 1.29 is 22.3 Å². The zero-order valence-electron chi connectivity index (χ0n) is 16.7. The van der Waals surface area contributed by atoms with Gasteiger partial charge < -0.3 is 13.9 Å². The minimum absolute atomic E-state index is 0.231. The number of fused-ring (bicyclic) bond motifs is 2. The summed E-state index contributed by atoms with van der Waals surface area (Å²) < 4.78 is 44.5. The molecule has 0 spiro atoms. The molecule has 2 aliphatic heterocycles. The van der Waals surface area contributed by atoms with Gasteiger partial charge in [-0.1, -0.05) is 6.07 Å². The van der Waals surface area contributed by atoms with Gasteiger partial charge in [-0.25, -0.2) is 13.4 Å². The van der Waals surface area contributed by atoms with Gasteiger partial charge >= 0.3 is 0 Å². The van der Waals surface area contributed by atoms with Crippen molar-refractivity contribution in [2.45, 2.75) is 18.4 Å². The molecular formula is C21H23N3O5S. The van der Waals surface area contributed by atoms with Gasteiger partial charge in [-0.15, -0.1) is 0 Å². The van der Waals surface area contributed by atoms with Crippen LogP contribution < -0.4 is 9.47 Å². The van der Waals surface area contributed by atoms with E-state index in [2.05, 4.69) is 9.88 Å². The first-order valence-electron chi connectivity index (χ1n) is 9.97. The molecule has 1 saturated heterocycles. The number of nitrogens with zero attached hydrogens (tertiary/aromatic N) is 3. The standard InChI is InChI=1S/C21H23N3O5S/c1-15-2-4-18-17(12-15)22-21(29-18)14-23-6-8-24(9-7-23)30(25,26)16-3-5-19-20(13-16)28-11-10-27-19/h2-5,12-13H,6-11,14H2,1H3. The summed E-state index contributed by atoms with van der Waals surface area (Å²) in [5.74, 6) is 1.71. The number of aromatic nitrogens is 1. The molecule has 0 radical (unpaired) electrons. The molecule has 9 heteroatoms. The van der Waals surface area contributed by atoms with Gasteiger partial charge in [-0.2, -0.15) is 4.31 Å². The molecule has 0 amide bonds. The van der Waals surface area contributed by atoms with Crippen molar-refractivity contribution >= 4 is 21.1 Å². The second kappa shape index (κ2) is 7.57. The van der Waals surface area contributed by atoms with E-state index in [0.717, 1.165) is 16.7 Å². The lowest BCUT2D eigenvalue weighted by Gasteiger charge is -2.33. The normalized spacial score (nSPS) is 18.0. The van der Waals surface area contributed by atoms with Crippen molar-refractivity contribution in [3.8, 4) is 11.5 Å². The first kappa shape index (κ1) is 19.3. The smallest absolute Gasteiger partial charge is 0.243 e. The Morgan fingerprint density at radius 2 is 1.73 bits per heavy atom. The minimum Gasteiger partial charge on any atom is -0.486 e. The second-order valence-corrected chi connectivity index (χ2v) is 9.50. The minimum atomic E-state index is -3.59. The summed E-state index contributed by atoms with van der Waals surface area (Å²) in [5.41, 5.74) is 2.76. The van der Waals surface area contributed by atoms with E-state index in [0.29, 0.717) is 63.3 Å². The van der Waals surface area contributed by atoms with Crippen LogP contribution in [-0.4, -0.2) is 62.0 Å². The summed E-state index contributed by atoms with van der Waals surface area (Å²) in [6, 6.07) is 10.7. The Kier molecular flexibility index (Phi) is 4.88. The molecule has 8 nitrogen and oxygen atoms in total. The largest absolute Gasteiger partial charge is 0.486 e. The Morgan fingerprint density at radius 3 is 2.53 bits per heavy atom. The number of aryl methyl sites for hydroxylation is 1. The summed E-state index contributed by atoms with van der Waals surface area (Å²) in [6.45, 7) is 5.53. The van der Waals surface area contributed by atoms with Gasteiger partial charge in [0.25, 0.3) is 0 Å². The summed E-state index contributed by atoms with van der Waals surface area (Å²) in [7, 11) is -3.59. The number of oxazole rings is 1. The van der Waals surface area contributed by atoms with Crippen molar-refractivity contribution in [1.82, 2.24) is 14.2 Å². The summed E-state index contributed by atoms with van der Waals surface area (Å²) in [6.07, 6.45) is 0. The Labute approximate surface area is 175 Å². The van der Waals surface area contributed by atoms with E-state index < -0.39 is 10.0 Å². The van der Waals surface area contributed by atoms with E-state index in [1.807, 2.05) is 25.1 Å². The summed E-state index contributed by atoms with van der Waals surface area (Å²) in [5, 5.41) is 0. The third kappa shape index (κ3) is 3.64. The quantitative estimate of drug-likeness (QED) is 0.630. The summed E-state index contributed by atoms with van der Waals surface area (Å²) >= 11 is 0. The van der Waals surface area contributed by atoms with Crippen LogP contribution in [0.4, 0.5) is 0 Å². The van der Waals surface area contributed by atoms with Crippen LogP contribution in [0.3, 0.4) is 0 Å². The maximum atomic E-state index is 13.1. The van der Waals surface area contributed by atoms with E-state index in [1.54, 1.807) is 18.2 Å². The fraction of sp³-hybridized carbons (Fsp3) is 0.381. The molecule has 0 aliphatic carbocycles. The molecule has 3 heterocycles. The predicted octanol–water partition coefficient (Wildman–Crippen LogP) is 2.41. The van der Waals surface area contributed by atoms with E-state index in [-0.39, 0.29) is 4.90 Å². The second-order valence-electron chi connectivity index (χ2n) is 7.56. The van der Waals surface area contributed by atoms with Crippen molar-refractivity contribution in [1.29, 1.82) is 0 Å². The molecule has 0 bridgehead atoms. The highest BCUT2D eigenvalue weighted by Crippen LogP contribution is 2.33. The van der Waals surface area contributed by atoms with Crippen molar-refractivity contribution in [3.05, 3.63) is 47.9 Å². The van der Waals surface area contributed by atoms with Gasteiger partial charge in [-0.05, 0) is 36.8 Å². The van der Waals surface area contributed by atoms with Crippen LogP contribution in [0.1, 0.15) is 11.5 Å². The molecule has 1 aromatic heterocycles. The number of piperazine rings is 1. The van der Waals surface area contributed by atoms with Gasteiger partial charge in [0.1, 0.15) is 18.7 Å². The van der Waals surface area contributed by atoms with Crippen molar-refractivity contribution in [3.63, 3.8) is 0 Å². The summed E-state index contributed by atoms with van der Waals surface area (Å²) in [4.78, 5) is 6.95. The van der Waals surface area contributed by atoms with Crippen LogP contribution in [0.25, 0.3) is 11.1 Å². The van der Waals surface area contributed by atoms with Crippen LogP contribution in [0, 0.1) is 6.92 Å². The number of rotatable bonds is 4. The Bertz CT molecular complexity index is 1180. The van der Waals surface area contributed by atoms with Gasteiger partial charge in [0.15, 0.2) is 17.1 Å². The molecule has 2 aromatic carbocycles. The number of sulfonamides is 1. The van der Waals surface area contributed by atoms with Crippen LogP contribution in [0.2, 0.25) is 0 Å². The molecule has 0 saturated carbocycles. The van der Waals surface area contributed by atoms with Gasteiger partial charge in [0.05, 0.1) is 11.4 Å². The zero-order chi connectivity index (χ0) is 20.7. The van der Waals surface area contributed by atoms with Gasteiger partial charge in [0, 0.05) is 32.2 Å². The van der Waals surface area contributed by atoms with E-state index >= 15 is 0 Å². The molecule has 1 fully saturated rings. The first-order valence-corrected chi connectivity index (χ1v) is 11.4. The number of hydrogen-bond acceptors (Lipinski definition) is 7. The number of ether oxygens (including phenoxy) is 2. The number of hydrogen-bond donors (Lipinski definition) is 0. The Balaban J connectivity index is 1.25. The predicted molar refractivity (Wildman–Crippen MR) is 110 cm³/mol.